The molecule has 0 radical (unpaired) electrons. The molecule has 2 nitrogen and oxygen atoms in total. The van der Waals surface area contributed by atoms with E-state index in [0.717, 1.165) is 24.2 Å². The molecule has 1 amide bonds. The van der Waals surface area contributed by atoms with Crippen molar-refractivity contribution in [3.63, 3.8) is 0 Å². The molecule has 0 aromatic heterocycles. The van der Waals surface area contributed by atoms with Gasteiger partial charge in [-0.1, -0.05) is 24.3 Å². The van der Waals surface area contributed by atoms with Gasteiger partial charge in [0.2, 0.25) is 0 Å². The molecule has 0 saturated carbocycles. The van der Waals surface area contributed by atoms with Gasteiger partial charge in [0, 0.05) is 21.4 Å². The van der Waals surface area contributed by atoms with E-state index in [1.807, 2.05) is 35.2 Å². The minimum Gasteiger partial charge on any atom is -0.308 e. The van der Waals surface area contributed by atoms with Gasteiger partial charge in [0.1, 0.15) is 0 Å². The van der Waals surface area contributed by atoms with Gasteiger partial charge in [0.05, 0.1) is 0 Å². The molecule has 90 valence electrons. The van der Waals surface area contributed by atoms with E-state index in [-0.39, 0.29) is 5.91 Å². The second kappa shape index (κ2) is 4.72. The van der Waals surface area contributed by atoms with Gasteiger partial charge in [-0.05, 0) is 58.8 Å². The zero-order valence-electron chi connectivity index (χ0n) is 9.77. The molecule has 3 heteroatoms. The highest BCUT2D eigenvalue weighted by Crippen LogP contribution is 2.30. The molecule has 18 heavy (non-hydrogen) atoms. The molecule has 1 aliphatic rings. The third kappa shape index (κ3) is 2.03. The van der Waals surface area contributed by atoms with Crippen LogP contribution >= 0.6 is 22.6 Å². The SMILES string of the molecule is O=C(c1ccccc1)N1CCc2ccc(I)cc21. The fraction of sp³-hybridized carbons (Fsp3) is 0.133. The molecule has 0 spiro atoms. The molecule has 0 saturated heterocycles. The van der Waals surface area contributed by atoms with Crippen molar-refractivity contribution in [3.8, 4) is 0 Å². The summed E-state index contributed by atoms with van der Waals surface area (Å²) in [5.41, 5.74) is 3.08. The number of rotatable bonds is 1. The second-order valence-corrected chi connectivity index (χ2v) is 5.59. The first-order valence-corrected chi connectivity index (χ1v) is 6.99. The lowest BCUT2D eigenvalue weighted by Crippen LogP contribution is -2.28. The van der Waals surface area contributed by atoms with Crippen LogP contribution in [0.4, 0.5) is 5.69 Å². The molecule has 2 aromatic carbocycles. The number of carbonyl (C=O) groups excluding carboxylic acids is 1. The fourth-order valence-corrected chi connectivity index (χ4v) is 2.77. The highest BCUT2D eigenvalue weighted by Gasteiger charge is 2.25. The molecule has 0 fully saturated rings. The molecule has 2 aromatic rings. The number of hydrogen-bond donors (Lipinski definition) is 0. The minimum atomic E-state index is 0.0938. The maximum atomic E-state index is 12.4. The van der Waals surface area contributed by atoms with E-state index in [0.29, 0.717) is 0 Å². The number of anilines is 1. The van der Waals surface area contributed by atoms with Crippen LogP contribution in [0.5, 0.6) is 0 Å². The molecular weight excluding hydrogens is 337 g/mol. The Hall–Kier alpha value is -1.36. The Bertz CT molecular complexity index is 595. The zero-order chi connectivity index (χ0) is 12.5. The smallest absolute Gasteiger partial charge is 0.258 e. The van der Waals surface area contributed by atoms with Crippen LogP contribution in [0.1, 0.15) is 15.9 Å². The van der Waals surface area contributed by atoms with Gasteiger partial charge in [-0.3, -0.25) is 4.79 Å². The number of hydrogen-bond acceptors (Lipinski definition) is 1. The lowest BCUT2D eigenvalue weighted by atomic mass is 10.1. The Balaban J connectivity index is 1.97. The van der Waals surface area contributed by atoms with Gasteiger partial charge in [-0.2, -0.15) is 0 Å². The van der Waals surface area contributed by atoms with Crippen molar-refractivity contribution in [1.82, 2.24) is 0 Å². The number of fused-ring (bicyclic) bond motifs is 1. The van der Waals surface area contributed by atoms with E-state index in [1.165, 1.54) is 9.13 Å². The van der Waals surface area contributed by atoms with E-state index in [1.54, 1.807) is 0 Å². The standard InChI is InChI=1S/C15H12INO/c16-13-7-6-11-8-9-17(14(11)10-13)15(18)12-4-2-1-3-5-12/h1-7,10H,8-9H2. The summed E-state index contributed by atoms with van der Waals surface area (Å²) < 4.78 is 1.17. The van der Waals surface area contributed by atoms with Crippen LogP contribution in [-0.4, -0.2) is 12.5 Å². The van der Waals surface area contributed by atoms with Gasteiger partial charge >= 0.3 is 0 Å². The van der Waals surface area contributed by atoms with E-state index in [2.05, 4.69) is 40.8 Å². The average Bonchev–Trinajstić information content (AvgIpc) is 2.82. The molecular formula is C15H12INO. The van der Waals surface area contributed by atoms with Crippen LogP contribution in [0.3, 0.4) is 0 Å². The van der Waals surface area contributed by atoms with Crippen molar-refractivity contribution >= 4 is 34.2 Å². The maximum Gasteiger partial charge on any atom is 0.258 e. The van der Waals surface area contributed by atoms with Crippen molar-refractivity contribution in [2.45, 2.75) is 6.42 Å². The summed E-state index contributed by atoms with van der Waals surface area (Å²) in [7, 11) is 0. The summed E-state index contributed by atoms with van der Waals surface area (Å²) in [6, 6.07) is 15.8. The second-order valence-electron chi connectivity index (χ2n) is 4.35. The largest absolute Gasteiger partial charge is 0.308 e. The van der Waals surface area contributed by atoms with Gasteiger partial charge < -0.3 is 4.90 Å². The first kappa shape index (κ1) is 11.7. The number of benzene rings is 2. The van der Waals surface area contributed by atoms with Gasteiger partial charge in [-0.25, -0.2) is 0 Å². The Morgan fingerprint density at radius 2 is 1.89 bits per heavy atom. The minimum absolute atomic E-state index is 0.0938. The number of carbonyl (C=O) groups is 1. The zero-order valence-corrected chi connectivity index (χ0v) is 11.9. The topological polar surface area (TPSA) is 20.3 Å². The summed E-state index contributed by atoms with van der Waals surface area (Å²) in [6.45, 7) is 0.781. The van der Waals surface area contributed by atoms with Crippen LogP contribution in [0.15, 0.2) is 48.5 Å². The number of nitrogens with zero attached hydrogens (tertiary/aromatic N) is 1. The lowest BCUT2D eigenvalue weighted by molar-refractivity contribution is 0.0989. The monoisotopic (exact) mass is 349 g/mol. The predicted octanol–water partition coefficient (Wildman–Crippen LogP) is 3.49. The maximum absolute atomic E-state index is 12.4. The highest BCUT2D eigenvalue weighted by molar-refractivity contribution is 14.1. The summed E-state index contributed by atoms with van der Waals surface area (Å²) in [5, 5.41) is 0. The number of amides is 1. The first-order valence-electron chi connectivity index (χ1n) is 5.91. The van der Waals surface area contributed by atoms with Crippen molar-refractivity contribution in [3.05, 3.63) is 63.2 Å². The van der Waals surface area contributed by atoms with Crippen LogP contribution in [0.2, 0.25) is 0 Å². The first-order chi connectivity index (χ1) is 8.75. The van der Waals surface area contributed by atoms with Crippen LogP contribution in [0.25, 0.3) is 0 Å². The molecule has 0 unspecified atom stereocenters. The Labute approximate surface area is 120 Å². The highest BCUT2D eigenvalue weighted by atomic mass is 127. The summed E-state index contributed by atoms with van der Waals surface area (Å²) >= 11 is 2.28. The third-order valence-electron chi connectivity index (χ3n) is 3.21. The molecule has 0 aliphatic carbocycles. The van der Waals surface area contributed by atoms with Crippen molar-refractivity contribution < 1.29 is 4.79 Å². The summed E-state index contributed by atoms with van der Waals surface area (Å²) in [4.78, 5) is 14.3. The molecule has 1 aliphatic heterocycles. The number of halogens is 1. The normalized spacial score (nSPS) is 13.5. The van der Waals surface area contributed by atoms with Gasteiger partial charge in [0.25, 0.3) is 5.91 Å². The molecule has 1 heterocycles. The third-order valence-corrected chi connectivity index (χ3v) is 3.88. The summed E-state index contributed by atoms with van der Waals surface area (Å²) in [6.07, 6.45) is 0.949. The molecule has 0 atom stereocenters. The fourth-order valence-electron chi connectivity index (χ4n) is 2.30. The van der Waals surface area contributed by atoms with Crippen LogP contribution < -0.4 is 4.90 Å². The quantitative estimate of drug-likeness (QED) is 0.722. The predicted molar refractivity (Wildman–Crippen MR) is 81.0 cm³/mol. The molecule has 0 bridgehead atoms. The van der Waals surface area contributed by atoms with Crippen LogP contribution in [-0.2, 0) is 6.42 Å². The van der Waals surface area contributed by atoms with Gasteiger partial charge in [-0.15, -0.1) is 0 Å². The Kier molecular flexibility index (Phi) is 3.07. The van der Waals surface area contributed by atoms with Crippen molar-refractivity contribution in [1.29, 1.82) is 0 Å². The van der Waals surface area contributed by atoms with E-state index >= 15 is 0 Å². The van der Waals surface area contributed by atoms with E-state index in [9.17, 15) is 4.79 Å². The molecule has 0 N–H and O–H groups in total. The average molecular weight is 349 g/mol. The van der Waals surface area contributed by atoms with Gasteiger partial charge in [0.15, 0.2) is 0 Å². The molecule has 3 rings (SSSR count). The summed E-state index contributed by atoms with van der Waals surface area (Å²) in [5.74, 6) is 0.0938. The van der Waals surface area contributed by atoms with Crippen molar-refractivity contribution in [2.24, 2.45) is 0 Å². The lowest BCUT2D eigenvalue weighted by Gasteiger charge is -2.17. The Morgan fingerprint density at radius 1 is 1.11 bits per heavy atom. The van der Waals surface area contributed by atoms with E-state index < -0.39 is 0 Å². The Morgan fingerprint density at radius 3 is 2.67 bits per heavy atom. The van der Waals surface area contributed by atoms with Crippen molar-refractivity contribution in [2.75, 3.05) is 11.4 Å². The van der Waals surface area contributed by atoms with E-state index in [4.69, 9.17) is 0 Å². The van der Waals surface area contributed by atoms with Crippen LogP contribution in [0, 0.1) is 3.57 Å².